The van der Waals surface area contributed by atoms with Crippen LogP contribution in [0.25, 0.3) is 0 Å². The molecule has 2 nitrogen and oxygen atoms in total. The van der Waals surface area contributed by atoms with Crippen molar-refractivity contribution in [2.24, 2.45) is 0 Å². The fourth-order valence-corrected chi connectivity index (χ4v) is 1.88. The fourth-order valence-electron chi connectivity index (χ4n) is 0.827. The molecule has 2 unspecified atom stereocenters. The van der Waals surface area contributed by atoms with Crippen LogP contribution in [0.1, 0.15) is 6.92 Å². The molecule has 0 radical (unpaired) electrons. The molecule has 0 spiro atoms. The second-order valence-electron chi connectivity index (χ2n) is 2.55. The lowest BCUT2D eigenvalue weighted by atomic mass is 10.4. The van der Waals surface area contributed by atoms with E-state index >= 15 is 0 Å². The molecular formula is C6H9Cl3O2. The Morgan fingerprint density at radius 2 is 2.00 bits per heavy atom. The van der Waals surface area contributed by atoms with Gasteiger partial charge in [0.05, 0.1) is 6.61 Å². The van der Waals surface area contributed by atoms with Gasteiger partial charge in [-0.3, -0.25) is 0 Å². The third-order valence-electron chi connectivity index (χ3n) is 1.76. The van der Waals surface area contributed by atoms with E-state index in [9.17, 15) is 5.11 Å². The number of hydrogen-bond acceptors (Lipinski definition) is 2. The molecule has 5 heteroatoms. The summed E-state index contributed by atoms with van der Waals surface area (Å²) < 4.78 is 3.72. The molecule has 1 fully saturated rings. The number of halogens is 3. The number of aliphatic hydroxyl groups is 1. The van der Waals surface area contributed by atoms with E-state index in [2.05, 4.69) is 0 Å². The smallest absolute Gasteiger partial charge is 0.169 e. The van der Waals surface area contributed by atoms with Crippen molar-refractivity contribution < 1.29 is 9.84 Å². The van der Waals surface area contributed by atoms with Crippen molar-refractivity contribution in [3.05, 3.63) is 0 Å². The van der Waals surface area contributed by atoms with Crippen LogP contribution in [0.4, 0.5) is 0 Å². The zero-order valence-corrected chi connectivity index (χ0v) is 8.25. The molecule has 1 saturated carbocycles. The summed E-state index contributed by atoms with van der Waals surface area (Å²) in [6, 6.07) is 0. The molecule has 0 aliphatic heterocycles. The van der Waals surface area contributed by atoms with Crippen LogP contribution in [0.3, 0.4) is 0 Å². The van der Waals surface area contributed by atoms with Gasteiger partial charge in [-0.25, -0.2) is 0 Å². The first-order chi connectivity index (χ1) is 4.97. The Bertz CT molecular complexity index is 162. The third-order valence-corrected chi connectivity index (χ3v) is 3.76. The van der Waals surface area contributed by atoms with Crippen molar-refractivity contribution >= 4 is 34.8 Å². The number of hydrogen-bond donors (Lipinski definition) is 1. The summed E-state index contributed by atoms with van der Waals surface area (Å²) >= 11 is 16.9. The second-order valence-corrected chi connectivity index (χ2v) is 4.37. The first-order valence-electron chi connectivity index (χ1n) is 3.29. The van der Waals surface area contributed by atoms with E-state index in [1.807, 2.05) is 6.92 Å². The van der Waals surface area contributed by atoms with E-state index in [0.29, 0.717) is 6.61 Å². The molecule has 0 aromatic heterocycles. The van der Waals surface area contributed by atoms with Crippen molar-refractivity contribution in [3.63, 3.8) is 0 Å². The molecule has 1 aliphatic rings. The summed E-state index contributed by atoms with van der Waals surface area (Å²) in [7, 11) is 0. The van der Waals surface area contributed by atoms with Crippen LogP contribution < -0.4 is 0 Å². The Labute approximate surface area is 80.4 Å². The van der Waals surface area contributed by atoms with Gasteiger partial charge in [0.25, 0.3) is 0 Å². The molecule has 0 amide bonds. The van der Waals surface area contributed by atoms with Crippen LogP contribution in [-0.4, -0.2) is 33.6 Å². The summed E-state index contributed by atoms with van der Waals surface area (Å²) in [4.78, 5) is 0. The number of rotatable bonds is 3. The van der Waals surface area contributed by atoms with Gasteiger partial charge >= 0.3 is 0 Å². The zero-order valence-electron chi connectivity index (χ0n) is 5.98. The van der Waals surface area contributed by atoms with Crippen LogP contribution in [-0.2, 0) is 4.74 Å². The lowest BCUT2D eigenvalue weighted by Crippen LogP contribution is -2.24. The van der Waals surface area contributed by atoms with Crippen LogP contribution in [0, 0.1) is 0 Å². The average molecular weight is 219 g/mol. The maximum absolute atomic E-state index is 9.54. The lowest BCUT2D eigenvalue weighted by molar-refractivity contribution is 0.0251. The third kappa shape index (κ3) is 1.36. The molecule has 1 rings (SSSR count). The van der Waals surface area contributed by atoms with E-state index in [-0.39, 0.29) is 6.61 Å². The van der Waals surface area contributed by atoms with Gasteiger partial charge in [-0.15, -0.1) is 11.6 Å². The molecule has 1 aliphatic carbocycles. The monoisotopic (exact) mass is 218 g/mol. The van der Waals surface area contributed by atoms with Gasteiger partial charge < -0.3 is 9.84 Å². The zero-order chi connectivity index (χ0) is 8.70. The van der Waals surface area contributed by atoms with Gasteiger partial charge in [0.15, 0.2) is 4.33 Å². The van der Waals surface area contributed by atoms with E-state index in [0.717, 1.165) is 0 Å². The molecule has 0 aromatic carbocycles. The molecular weight excluding hydrogens is 210 g/mol. The second kappa shape index (κ2) is 2.93. The number of ether oxygens (including phenoxy) is 1. The van der Waals surface area contributed by atoms with Crippen molar-refractivity contribution in [1.29, 1.82) is 0 Å². The summed E-state index contributed by atoms with van der Waals surface area (Å²) in [6.07, 6.45) is 0. The normalized spacial score (nSPS) is 40.6. The summed E-state index contributed by atoms with van der Waals surface area (Å²) in [5, 5.41) is 8.90. The Morgan fingerprint density at radius 1 is 1.55 bits per heavy atom. The lowest BCUT2D eigenvalue weighted by Gasteiger charge is -2.09. The minimum absolute atomic E-state index is 0.0880. The molecule has 66 valence electrons. The van der Waals surface area contributed by atoms with Crippen LogP contribution in [0.5, 0.6) is 0 Å². The summed E-state index contributed by atoms with van der Waals surface area (Å²) in [5.41, 5.74) is -1.27. The van der Waals surface area contributed by atoms with Crippen molar-refractivity contribution in [3.8, 4) is 0 Å². The molecule has 11 heavy (non-hydrogen) atoms. The van der Waals surface area contributed by atoms with E-state index in [1.165, 1.54) is 0 Å². The van der Waals surface area contributed by atoms with Gasteiger partial charge in [0.2, 0.25) is 0 Å². The highest BCUT2D eigenvalue weighted by atomic mass is 35.5. The fraction of sp³-hybridized carbons (Fsp3) is 1.00. The SMILES string of the molecule is CCOCC1(O)C(Cl)C1(Cl)Cl. The van der Waals surface area contributed by atoms with Gasteiger partial charge in [-0.1, -0.05) is 23.2 Å². The van der Waals surface area contributed by atoms with Crippen molar-refractivity contribution in [1.82, 2.24) is 0 Å². The number of alkyl halides is 3. The minimum Gasteiger partial charge on any atom is -0.383 e. The van der Waals surface area contributed by atoms with E-state index < -0.39 is 15.3 Å². The van der Waals surface area contributed by atoms with E-state index in [1.54, 1.807) is 0 Å². The maximum Gasteiger partial charge on any atom is 0.169 e. The standard InChI is InChI=1S/C6H9Cl3O2/c1-2-11-3-5(10)4(7)6(5,8)9/h4,10H,2-3H2,1H3. The van der Waals surface area contributed by atoms with Crippen molar-refractivity contribution in [2.45, 2.75) is 22.2 Å². The Kier molecular flexibility index (Phi) is 2.63. The summed E-state index contributed by atoms with van der Waals surface area (Å²) in [6.45, 7) is 2.42. The highest BCUT2D eigenvalue weighted by Gasteiger charge is 2.76. The molecule has 0 heterocycles. The molecule has 0 bridgehead atoms. The molecule has 2 atom stereocenters. The average Bonchev–Trinajstić information content (AvgIpc) is 2.32. The Balaban J connectivity index is 2.46. The quantitative estimate of drug-likeness (QED) is 0.730. The predicted octanol–water partition coefficient (Wildman–Crippen LogP) is 1.55. The van der Waals surface area contributed by atoms with Gasteiger partial charge in [0, 0.05) is 6.61 Å². The van der Waals surface area contributed by atoms with Gasteiger partial charge in [0.1, 0.15) is 11.0 Å². The van der Waals surface area contributed by atoms with Crippen molar-refractivity contribution in [2.75, 3.05) is 13.2 Å². The largest absolute Gasteiger partial charge is 0.383 e. The highest BCUT2D eigenvalue weighted by molar-refractivity contribution is 6.58. The molecule has 0 aromatic rings. The van der Waals surface area contributed by atoms with Crippen LogP contribution >= 0.6 is 34.8 Å². The van der Waals surface area contributed by atoms with Gasteiger partial charge in [-0.05, 0) is 6.92 Å². The first kappa shape index (κ1) is 9.87. The minimum atomic E-state index is -1.27. The predicted molar refractivity (Wildman–Crippen MR) is 45.5 cm³/mol. The Hall–Kier alpha value is 0.790. The Morgan fingerprint density at radius 3 is 2.27 bits per heavy atom. The first-order valence-corrected chi connectivity index (χ1v) is 4.48. The van der Waals surface area contributed by atoms with Gasteiger partial charge in [-0.2, -0.15) is 0 Å². The molecule has 0 saturated heterocycles. The van der Waals surface area contributed by atoms with Crippen LogP contribution in [0.2, 0.25) is 0 Å². The van der Waals surface area contributed by atoms with E-state index in [4.69, 9.17) is 39.5 Å². The molecule has 1 N–H and O–H groups in total. The maximum atomic E-state index is 9.54. The highest BCUT2D eigenvalue weighted by Crippen LogP contribution is 2.60. The summed E-state index contributed by atoms with van der Waals surface area (Å²) in [5.74, 6) is 0. The topological polar surface area (TPSA) is 29.5 Å². The van der Waals surface area contributed by atoms with Crippen LogP contribution in [0.15, 0.2) is 0 Å².